The molecule has 0 N–H and O–H groups in total. The van der Waals surface area contributed by atoms with Crippen LogP contribution in [0.3, 0.4) is 0 Å². The lowest BCUT2D eigenvalue weighted by Crippen LogP contribution is -2.39. The number of alkyl halides is 3. The van der Waals surface area contributed by atoms with E-state index in [-0.39, 0.29) is 6.54 Å². The molecule has 1 aliphatic heterocycles. The Morgan fingerprint density at radius 2 is 2.24 bits per heavy atom. The number of carbonyl (C=O) groups excluding carboxylic acids is 1. The van der Waals surface area contributed by atoms with Crippen LogP contribution in [0.1, 0.15) is 5.82 Å². The highest BCUT2D eigenvalue weighted by molar-refractivity contribution is 5.67. The van der Waals surface area contributed by atoms with Crippen LogP contribution in [0.15, 0.2) is 12.4 Å². The van der Waals surface area contributed by atoms with E-state index in [1.165, 1.54) is 4.90 Å². The van der Waals surface area contributed by atoms with Crippen LogP contribution in [0.5, 0.6) is 0 Å². The predicted octanol–water partition coefficient (Wildman–Crippen LogP) is 1.40. The zero-order valence-corrected chi connectivity index (χ0v) is 8.78. The zero-order chi connectivity index (χ0) is 12.5. The molecule has 1 amide bonds. The van der Waals surface area contributed by atoms with Crippen LogP contribution < -0.4 is 0 Å². The maximum Gasteiger partial charge on any atom is 0.422 e. The molecular formula is C9H10F3N3O2. The summed E-state index contributed by atoms with van der Waals surface area (Å²) in [6.45, 7) is -0.559. The fourth-order valence-electron chi connectivity index (χ4n) is 1.56. The maximum absolute atomic E-state index is 11.9. The fraction of sp³-hybridized carbons (Fsp3) is 0.556. The van der Waals surface area contributed by atoms with Gasteiger partial charge in [0.05, 0.1) is 6.54 Å². The minimum absolute atomic E-state index is 0.170. The van der Waals surface area contributed by atoms with Crippen molar-refractivity contribution >= 4 is 6.09 Å². The third-order valence-corrected chi connectivity index (χ3v) is 2.36. The van der Waals surface area contributed by atoms with E-state index in [1.807, 2.05) is 4.57 Å². The van der Waals surface area contributed by atoms with Gasteiger partial charge in [-0.25, -0.2) is 9.78 Å². The highest BCUT2D eigenvalue weighted by Gasteiger charge is 2.31. The third-order valence-electron chi connectivity index (χ3n) is 2.36. The van der Waals surface area contributed by atoms with Crippen molar-refractivity contribution in [2.45, 2.75) is 19.3 Å². The largest absolute Gasteiger partial charge is 0.440 e. The van der Waals surface area contributed by atoms with Crippen molar-refractivity contribution in [1.82, 2.24) is 14.5 Å². The van der Waals surface area contributed by atoms with Gasteiger partial charge in [0.1, 0.15) is 5.82 Å². The number of hydrogen-bond acceptors (Lipinski definition) is 3. The first-order valence-electron chi connectivity index (χ1n) is 4.94. The number of aromatic nitrogens is 2. The van der Waals surface area contributed by atoms with Gasteiger partial charge in [0, 0.05) is 25.5 Å². The van der Waals surface area contributed by atoms with Crippen LogP contribution in [0.2, 0.25) is 0 Å². The van der Waals surface area contributed by atoms with Crippen molar-refractivity contribution in [2.75, 3.05) is 13.2 Å². The quantitative estimate of drug-likeness (QED) is 0.755. The van der Waals surface area contributed by atoms with E-state index in [1.54, 1.807) is 12.4 Å². The van der Waals surface area contributed by atoms with E-state index in [0.29, 0.717) is 18.9 Å². The predicted molar refractivity (Wildman–Crippen MR) is 50.0 cm³/mol. The third kappa shape index (κ3) is 2.89. The number of amides is 1. The van der Waals surface area contributed by atoms with Gasteiger partial charge < -0.3 is 9.30 Å². The van der Waals surface area contributed by atoms with Crippen molar-refractivity contribution in [1.29, 1.82) is 0 Å². The molecular weight excluding hydrogens is 239 g/mol. The summed E-state index contributed by atoms with van der Waals surface area (Å²) in [7, 11) is 0. The number of nitrogens with zero attached hydrogens (tertiary/aromatic N) is 3. The first kappa shape index (κ1) is 11.7. The molecule has 17 heavy (non-hydrogen) atoms. The second-order valence-electron chi connectivity index (χ2n) is 3.63. The molecule has 2 heterocycles. The van der Waals surface area contributed by atoms with Crippen LogP contribution in [0.25, 0.3) is 0 Å². The summed E-state index contributed by atoms with van der Waals surface area (Å²) in [5, 5.41) is 0. The molecule has 1 aromatic rings. The lowest BCUT2D eigenvalue weighted by Gasteiger charge is -2.27. The lowest BCUT2D eigenvalue weighted by atomic mass is 10.4. The van der Waals surface area contributed by atoms with E-state index in [9.17, 15) is 18.0 Å². The van der Waals surface area contributed by atoms with E-state index in [2.05, 4.69) is 9.72 Å². The second kappa shape index (κ2) is 4.27. The minimum Gasteiger partial charge on any atom is -0.440 e. The molecule has 0 bridgehead atoms. The summed E-state index contributed by atoms with van der Waals surface area (Å²) in [6.07, 6.45) is -2.12. The smallest absolute Gasteiger partial charge is 0.422 e. The Hall–Kier alpha value is -1.73. The van der Waals surface area contributed by atoms with Crippen LogP contribution in [-0.4, -0.2) is 39.9 Å². The topological polar surface area (TPSA) is 47.4 Å². The van der Waals surface area contributed by atoms with Gasteiger partial charge >= 0.3 is 12.3 Å². The first-order chi connectivity index (χ1) is 7.96. The first-order valence-corrected chi connectivity index (χ1v) is 4.94. The molecule has 0 saturated carbocycles. The second-order valence-corrected chi connectivity index (χ2v) is 3.63. The molecule has 1 aliphatic rings. The molecule has 8 heteroatoms. The van der Waals surface area contributed by atoms with Gasteiger partial charge in [-0.1, -0.05) is 0 Å². The van der Waals surface area contributed by atoms with Gasteiger partial charge in [0.2, 0.25) is 0 Å². The van der Waals surface area contributed by atoms with Crippen LogP contribution in [0, 0.1) is 0 Å². The van der Waals surface area contributed by atoms with Gasteiger partial charge in [-0.15, -0.1) is 0 Å². The van der Waals surface area contributed by atoms with E-state index in [4.69, 9.17) is 0 Å². The summed E-state index contributed by atoms with van der Waals surface area (Å²) in [5.74, 6) is 0.639. The van der Waals surface area contributed by atoms with Crippen molar-refractivity contribution in [3.05, 3.63) is 18.2 Å². The lowest BCUT2D eigenvalue weighted by molar-refractivity contribution is -0.162. The summed E-state index contributed by atoms with van der Waals surface area (Å²) in [5.41, 5.74) is 0. The molecule has 94 valence electrons. The van der Waals surface area contributed by atoms with Crippen molar-refractivity contribution < 1.29 is 22.7 Å². The minimum atomic E-state index is -4.50. The van der Waals surface area contributed by atoms with E-state index in [0.717, 1.165) is 0 Å². The van der Waals surface area contributed by atoms with Gasteiger partial charge in [-0.05, 0) is 0 Å². The number of rotatable bonds is 1. The van der Waals surface area contributed by atoms with E-state index < -0.39 is 18.9 Å². The summed E-state index contributed by atoms with van der Waals surface area (Å²) in [4.78, 5) is 16.5. The molecule has 0 unspecified atom stereocenters. The highest BCUT2D eigenvalue weighted by atomic mass is 19.4. The average Bonchev–Trinajstić information content (AvgIpc) is 2.71. The molecule has 1 aromatic heterocycles. The number of ether oxygens (including phenoxy) is 1. The molecule has 0 fully saturated rings. The average molecular weight is 249 g/mol. The van der Waals surface area contributed by atoms with E-state index >= 15 is 0 Å². The van der Waals surface area contributed by atoms with Gasteiger partial charge in [0.15, 0.2) is 6.61 Å². The van der Waals surface area contributed by atoms with Crippen molar-refractivity contribution in [3.8, 4) is 0 Å². The monoisotopic (exact) mass is 249 g/mol. The number of carbonyl (C=O) groups is 1. The molecule has 0 atom stereocenters. The SMILES string of the molecule is O=C(OCC(F)(F)F)N1CCn2ccnc2C1. The number of halogens is 3. The van der Waals surface area contributed by atoms with Crippen molar-refractivity contribution in [3.63, 3.8) is 0 Å². The number of hydrogen-bond donors (Lipinski definition) is 0. The standard InChI is InChI=1S/C9H10F3N3O2/c10-9(11,12)6-17-8(16)15-4-3-14-2-1-13-7(14)5-15/h1-2H,3-6H2. The van der Waals surface area contributed by atoms with Crippen molar-refractivity contribution in [2.24, 2.45) is 0 Å². The normalized spacial score (nSPS) is 15.6. The Morgan fingerprint density at radius 1 is 1.47 bits per heavy atom. The summed E-state index contributed by atoms with van der Waals surface area (Å²) in [6, 6.07) is 0. The van der Waals surface area contributed by atoms with Gasteiger partial charge in [-0.3, -0.25) is 4.90 Å². The van der Waals surface area contributed by atoms with Crippen LogP contribution in [0.4, 0.5) is 18.0 Å². The number of fused-ring (bicyclic) bond motifs is 1. The highest BCUT2D eigenvalue weighted by Crippen LogP contribution is 2.16. The Bertz CT molecular complexity index is 416. The van der Waals surface area contributed by atoms with Gasteiger partial charge in [0.25, 0.3) is 0 Å². The fourth-order valence-corrected chi connectivity index (χ4v) is 1.56. The van der Waals surface area contributed by atoms with Gasteiger partial charge in [-0.2, -0.15) is 13.2 Å². The number of imidazole rings is 1. The molecule has 2 rings (SSSR count). The zero-order valence-electron chi connectivity index (χ0n) is 8.78. The Balaban J connectivity index is 1.90. The Labute approximate surface area is 94.8 Å². The molecule has 0 spiro atoms. The van der Waals surface area contributed by atoms with Crippen LogP contribution >= 0.6 is 0 Å². The molecule has 5 nitrogen and oxygen atoms in total. The summed E-state index contributed by atoms with van der Waals surface area (Å²) >= 11 is 0. The molecule has 0 radical (unpaired) electrons. The maximum atomic E-state index is 11.9. The Kier molecular flexibility index (Phi) is 2.95. The van der Waals surface area contributed by atoms with Crippen LogP contribution in [-0.2, 0) is 17.8 Å². The molecule has 0 aliphatic carbocycles. The molecule has 0 aromatic carbocycles. The summed E-state index contributed by atoms with van der Waals surface area (Å²) < 4.78 is 41.6. The Morgan fingerprint density at radius 3 is 2.94 bits per heavy atom. The molecule has 0 saturated heterocycles.